The Labute approximate surface area is 142 Å². The van der Waals surface area contributed by atoms with Gasteiger partial charge in [-0.2, -0.15) is 0 Å². The molecule has 0 aliphatic heterocycles. The van der Waals surface area contributed by atoms with E-state index in [1.807, 2.05) is 49.5 Å². The molecule has 2 N–H and O–H groups in total. The van der Waals surface area contributed by atoms with Crippen molar-refractivity contribution >= 4 is 23.2 Å². The Balaban J connectivity index is 1.74. The molecule has 0 unspecified atom stereocenters. The number of anilines is 2. The first-order chi connectivity index (χ1) is 11.5. The summed E-state index contributed by atoms with van der Waals surface area (Å²) in [5, 5.41) is 5.63. The van der Waals surface area contributed by atoms with Gasteiger partial charge in [-0.3, -0.25) is 9.59 Å². The monoisotopic (exact) mass is 325 g/mol. The predicted molar refractivity (Wildman–Crippen MR) is 97.2 cm³/mol. The summed E-state index contributed by atoms with van der Waals surface area (Å²) in [6.07, 6.45) is 0.329. The minimum atomic E-state index is -0.108. The Kier molecular flexibility index (Phi) is 6.37. The molecule has 5 nitrogen and oxygen atoms in total. The van der Waals surface area contributed by atoms with Gasteiger partial charge >= 0.3 is 0 Å². The Morgan fingerprint density at radius 2 is 1.67 bits per heavy atom. The molecule has 0 saturated carbocycles. The first-order valence-corrected chi connectivity index (χ1v) is 7.94. The number of likely N-dealkylation sites (N-methyl/N-ethyl adjacent to an activating group) is 1. The van der Waals surface area contributed by atoms with Crippen LogP contribution in [0.3, 0.4) is 0 Å². The van der Waals surface area contributed by atoms with Crippen LogP contribution in [0, 0.1) is 0 Å². The molecule has 0 aromatic heterocycles. The van der Waals surface area contributed by atoms with E-state index < -0.39 is 0 Å². The van der Waals surface area contributed by atoms with E-state index in [2.05, 4.69) is 15.5 Å². The number of rotatable bonds is 7. The Morgan fingerprint density at radius 3 is 2.29 bits per heavy atom. The minimum Gasteiger partial charge on any atom is -0.373 e. The molecule has 2 rings (SSSR count). The van der Waals surface area contributed by atoms with Crippen molar-refractivity contribution in [3.05, 3.63) is 60.2 Å². The zero-order valence-electron chi connectivity index (χ0n) is 14.1. The molecule has 0 radical (unpaired) electrons. The molecule has 2 amide bonds. The van der Waals surface area contributed by atoms with Gasteiger partial charge < -0.3 is 15.5 Å². The molecule has 2 aromatic rings. The van der Waals surface area contributed by atoms with Gasteiger partial charge in [0.05, 0.1) is 6.42 Å². The first kappa shape index (κ1) is 17.5. The van der Waals surface area contributed by atoms with Crippen molar-refractivity contribution in [3.8, 4) is 0 Å². The van der Waals surface area contributed by atoms with Crippen LogP contribution in [-0.2, 0) is 16.0 Å². The van der Waals surface area contributed by atoms with Crippen LogP contribution in [0.15, 0.2) is 54.6 Å². The Bertz CT molecular complexity index is 669. The first-order valence-electron chi connectivity index (χ1n) is 7.94. The average Bonchev–Trinajstić information content (AvgIpc) is 2.57. The highest BCUT2D eigenvalue weighted by Crippen LogP contribution is 2.11. The molecule has 0 atom stereocenters. The standard InChI is InChI=1S/C19H23N3O2/c1-15(23)21-17-10-8-16(9-11-17)14-19(24)20-12-13-22(2)18-6-4-3-5-7-18/h3-11H,12-14H2,1-2H3,(H,20,24)(H,21,23). The lowest BCUT2D eigenvalue weighted by Crippen LogP contribution is -2.33. The molecule has 0 aliphatic rings. The van der Waals surface area contributed by atoms with Crippen LogP contribution in [0.2, 0.25) is 0 Å². The highest BCUT2D eigenvalue weighted by atomic mass is 16.2. The van der Waals surface area contributed by atoms with Crippen molar-refractivity contribution in [2.45, 2.75) is 13.3 Å². The molecule has 5 heteroatoms. The fraction of sp³-hybridized carbons (Fsp3) is 0.263. The zero-order valence-corrected chi connectivity index (χ0v) is 14.1. The number of para-hydroxylation sites is 1. The molecule has 24 heavy (non-hydrogen) atoms. The molecular weight excluding hydrogens is 302 g/mol. The van der Waals surface area contributed by atoms with E-state index in [0.717, 1.165) is 23.5 Å². The minimum absolute atomic E-state index is 0.0104. The van der Waals surface area contributed by atoms with Crippen LogP contribution < -0.4 is 15.5 Å². The SMILES string of the molecule is CC(=O)Nc1ccc(CC(=O)NCCN(C)c2ccccc2)cc1. The zero-order chi connectivity index (χ0) is 17.4. The highest BCUT2D eigenvalue weighted by molar-refractivity contribution is 5.88. The molecule has 0 spiro atoms. The van der Waals surface area contributed by atoms with Gasteiger partial charge in [0.2, 0.25) is 11.8 Å². The number of nitrogens with one attached hydrogen (secondary N) is 2. The van der Waals surface area contributed by atoms with Crippen LogP contribution in [0.25, 0.3) is 0 Å². The van der Waals surface area contributed by atoms with Gasteiger partial charge in [-0.05, 0) is 29.8 Å². The number of carbonyl (C=O) groups is 2. The lowest BCUT2D eigenvalue weighted by molar-refractivity contribution is -0.120. The third-order valence-electron chi connectivity index (χ3n) is 3.61. The van der Waals surface area contributed by atoms with E-state index in [-0.39, 0.29) is 11.8 Å². The normalized spacial score (nSPS) is 10.1. The van der Waals surface area contributed by atoms with Gasteiger partial charge in [0.15, 0.2) is 0 Å². The lowest BCUT2D eigenvalue weighted by atomic mass is 10.1. The number of amides is 2. The number of benzene rings is 2. The van der Waals surface area contributed by atoms with Crippen molar-refractivity contribution in [1.29, 1.82) is 0 Å². The second kappa shape index (κ2) is 8.72. The topological polar surface area (TPSA) is 61.4 Å². The largest absolute Gasteiger partial charge is 0.373 e. The van der Waals surface area contributed by atoms with Crippen molar-refractivity contribution in [2.75, 3.05) is 30.4 Å². The average molecular weight is 325 g/mol. The van der Waals surface area contributed by atoms with Crippen molar-refractivity contribution < 1.29 is 9.59 Å². The Morgan fingerprint density at radius 1 is 1.00 bits per heavy atom. The molecule has 0 aliphatic carbocycles. The summed E-state index contributed by atoms with van der Waals surface area (Å²) in [5.41, 5.74) is 2.77. The fourth-order valence-corrected chi connectivity index (χ4v) is 2.33. The predicted octanol–water partition coefficient (Wildman–Crippen LogP) is 2.44. The number of hydrogen-bond acceptors (Lipinski definition) is 3. The second-order valence-corrected chi connectivity index (χ2v) is 5.66. The summed E-state index contributed by atoms with van der Waals surface area (Å²) in [7, 11) is 2.00. The van der Waals surface area contributed by atoms with Crippen LogP contribution >= 0.6 is 0 Å². The van der Waals surface area contributed by atoms with Crippen molar-refractivity contribution in [2.24, 2.45) is 0 Å². The molecule has 0 heterocycles. The van der Waals surface area contributed by atoms with E-state index in [1.54, 1.807) is 12.1 Å². The summed E-state index contributed by atoms with van der Waals surface area (Å²) >= 11 is 0. The molecule has 0 fully saturated rings. The van der Waals surface area contributed by atoms with E-state index >= 15 is 0 Å². The maximum absolute atomic E-state index is 12.0. The van der Waals surface area contributed by atoms with Crippen molar-refractivity contribution in [3.63, 3.8) is 0 Å². The van der Waals surface area contributed by atoms with Crippen molar-refractivity contribution in [1.82, 2.24) is 5.32 Å². The molecule has 0 saturated heterocycles. The number of nitrogens with zero attached hydrogens (tertiary/aromatic N) is 1. The second-order valence-electron chi connectivity index (χ2n) is 5.66. The highest BCUT2D eigenvalue weighted by Gasteiger charge is 2.05. The van der Waals surface area contributed by atoms with Crippen LogP contribution in [0.1, 0.15) is 12.5 Å². The van der Waals surface area contributed by atoms with Gasteiger partial charge in [0, 0.05) is 38.4 Å². The van der Waals surface area contributed by atoms with E-state index in [9.17, 15) is 9.59 Å². The molecule has 2 aromatic carbocycles. The van der Waals surface area contributed by atoms with E-state index in [1.165, 1.54) is 6.92 Å². The van der Waals surface area contributed by atoms with Gasteiger partial charge in [-0.15, -0.1) is 0 Å². The van der Waals surface area contributed by atoms with Crippen LogP contribution in [-0.4, -0.2) is 32.0 Å². The summed E-state index contributed by atoms with van der Waals surface area (Å²) in [5.74, 6) is -0.119. The fourth-order valence-electron chi connectivity index (χ4n) is 2.33. The lowest BCUT2D eigenvalue weighted by Gasteiger charge is -2.19. The third-order valence-corrected chi connectivity index (χ3v) is 3.61. The maximum atomic E-state index is 12.0. The van der Waals surface area contributed by atoms with Gasteiger partial charge in [-0.1, -0.05) is 30.3 Å². The van der Waals surface area contributed by atoms with Gasteiger partial charge in [-0.25, -0.2) is 0 Å². The molecular formula is C19H23N3O2. The maximum Gasteiger partial charge on any atom is 0.224 e. The van der Waals surface area contributed by atoms with Gasteiger partial charge in [0.25, 0.3) is 0 Å². The summed E-state index contributed by atoms with van der Waals surface area (Å²) < 4.78 is 0. The van der Waals surface area contributed by atoms with E-state index in [4.69, 9.17) is 0 Å². The third kappa shape index (κ3) is 5.76. The quantitative estimate of drug-likeness (QED) is 0.822. The summed E-state index contributed by atoms with van der Waals surface area (Å²) in [6.45, 7) is 2.80. The summed E-state index contributed by atoms with van der Waals surface area (Å²) in [4.78, 5) is 25.1. The van der Waals surface area contributed by atoms with E-state index in [0.29, 0.717) is 13.0 Å². The van der Waals surface area contributed by atoms with Crippen LogP contribution in [0.4, 0.5) is 11.4 Å². The molecule has 126 valence electrons. The summed E-state index contributed by atoms with van der Waals surface area (Å²) in [6, 6.07) is 17.3. The number of hydrogen-bond donors (Lipinski definition) is 2. The van der Waals surface area contributed by atoms with Crippen LogP contribution in [0.5, 0.6) is 0 Å². The Hall–Kier alpha value is -2.82. The number of carbonyl (C=O) groups excluding carboxylic acids is 2. The van der Waals surface area contributed by atoms with Gasteiger partial charge in [0.1, 0.15) is 0 Å². The molecule has 0 bridgehead atoms. The smallest absolute Gasteiger partial charge is 0.224 e.